The van der Waals surface area contributed by atoms with E-state index in [2.05, 4.69) is 24.5 Å². The molecule has 0 aliphatic carbocycles. The van der Waals surface area contributed by atoms with Gasteiger partial charge in [0.2, 0.25) is 5.91 Å². The van der Waals surface area contributed by atoms with Crippen molar-refractivity contribution in [3.8, 4) is 0 Å². The molecule has 1 aliphatic heterocycles. The van der Waals surface area contributed by atoms with E-state index in [9.17, 15) is 4.79 Å². The fraction of sp³-hybridized carbons (Fsp3) is 0.562. The van der Waals surface area contributed by atoms with Gasteiger partial charge in [0.25, 0.3) is 0 Å². The Kier molecular flexibility index (Phi) is 5.30. The number of benzene rings is 1. The Labute approximate surface area is 126 Å². The highest BCUT2D eigenvalue weighted by Gasteiger charge is 2.19. The first-order valence-electron chi connectivity index (χ1n) is 7.49. The maximum atomic E-state index is 11.4. The molecule has 4 heteroatoms. The van der Waals surface area contributed by atoms with Crippen molar-refractivity contribution in [3.63, 3.8) is 0 Å². The summed E-state index contributed by atoms with van der Waals surface area (Å²) >= 11 is 6.27. The van der Waals surface area contributed by atoms with E-state index in [-0.39, 0.29) is 5.91 Å². The molecule has 110 valence electrons. The molecule has 1 heterocycles. The fourth-order valence-electron chi connectivity index (χ4n) is 2.57. The number of hydrogen-bond donors (Lipinski definition) is 2. The maximum Gasteiger partial charge on any atom is 0.228 e. The predicted octanol–water partition coefficient (Wildman–Crippen LogP) is 4.61. The normalized spacial score (nSPS) is 14.8. The van der Waals surface area contributed by atoms with Gasteiger partial charge in [-0.05, 0) is 31.0 Å². The van der Waals surface area contributed by atoms with Gasteiger partial charge in [-0.2, -0.15) is 0 Å². The lowest BCUT2D eigenvalue weighted by Crippen LogP contribution is -2.15. The third kappa shape index (κ3) is 3.89. The van der Waals surface area contributed by atoms with Gasteiger partial charge in [-0.1, -0.05) is 44.2 Å². The number of unbranched alkanes of at least 4 members (excludes halogenated alkanes) is 3. The summed E-state index contributed by atoms with van der Waals surface area (Å²) in [6, 6.07) is 4.24. The Bertz CT molecular complexity index is 488. The molecule has 1 amide bonds. The lowest BCUT2D eigenvalue weighted by Gasteiger charge is -2.17. The van der Waals surface area contributed by atoms with Crippen LogP contribution in [0.2, 0.25) is 5.02 Å². The first-order chi connectivity index (χ1) is 9.60. The van der Waals surface area contributed by atoms with E-state index < -0.39 is 0 Å². The summed E-state index contributed by atoms with van der Waals surface area (Å²) in [5.41, 5.74) is 2.81. The molecule has 2 N–H and O–H groups in total. The zero-order chi connectivity index (χ0) is 14.5. The number of rotatable bonds is 7. The molecule has 0 saturated carbocycles. The Hall–Kier alpha value is -1.22. The predicted molar refractivity (Wildman–Crippen MR) is 85.6 cm³/mol. The number of carbonyl (C=O) groups excluding carboxylic acids is 1. The first-order valence-corrected chi connectivity index (χ1v) is 7.86. The zero-order valence-corrected chi connectivity index (χ0v) is 13.0. The van der Waals surface area contributed by atoms with E-state index in [0.29, 0.717) is 17.5 Å². The standard InChI is InChI=1S/C16H23ClN2O/c1-3-4-5-6-7-11(2)18-15-8-12-9-16(20)19-14(12)10-13(15)17/h8,10-11,18H,3-7,9H2,1-2H3,(H,19,20). The second-order valence-electron chi connectivity index (χ2n) is 5.61. The monoisotopic (exact) mass is 294 g/mol. The number of halogens is 1. The van der Waals surface area contributed by atoms with E-state index >= 15 is 0 Å². The smallest absolute Gasteiger partial charge is 0.228 e. The lowest BCUT2D eigenvalue weighted by atomic mass is 10.1. The summed E-state index contributed by atoms with van der Waals surface area (Å²) in [5, 5.41) is 6.95. The van der Waals surface area contributed by atoms with E-state index in [4.69, 9.17) is 11.6 Å². The summed E-state index contributed by atoms with van der Waals surface area (Å²) in [5.74, 6) is 0.0424. The van der Waals surface area contributed by atoms with Crippen LogP contribution >= 0.6 is 11.6 Å². The van der Waals surface area contributed by atoms with Crippen LogP contribution in [0.3, 0.4) is 0 Å². The van der Waals surface area contributed by atoms with Gasteiger partial charge in [0.1, 0.15) is 0 Å². The molecule has 3 nitrogen and oxygen atoms in total. The van der Waals surface area contributed by atoms with Crippen LogP contribution in [0.4, 0.5) is 11.4 Å². The Morgan fingerprint density at radius 1 is 1.35 bits per heavy atom. The van der Waals surface area contributed by atoms with Crippen molar-refractivity contribution >= 4 is 28.9 Å². The maximum absolute atomic E-state index is 11.4. The van der Waals surface area contributed by atoms with Gasteiger partial charge >= 0.3 is 0 Å². The largest absolute Gasteiger partial charge is 0.381 e. The van der Waals surface area contributed by atoms with Crippen molar-refractivity contribution < 1.29 is 4.79 Å². The Morgan fingerprint density at radius 2 is 2.15 bits per heavy atom. The molecule has 1 aromatic rings. The number of carbonyl (C=O) groups is 1. The van der Waals surface area contributed by atoms with Crippen LogP contribution in [0.5, 0.6) is 0 Å². The number of anilines is 2. The highest BCUT2D eigenvalue weighted by Crippen LogP contribution is 2.33. The second-order valence-corrected chi connectivity index (χ2v) is 6.02. The number of amides is 1. The van der Waals surface area contributed by atoms with Crippen LogP contribution in [0, 0.1) is 0 Å². The van der Waals surface area contributed by atoms with Crippen molar-refractivity contribution in [3.05, 3.63) is 22.7 Å². The number of fused-ring (bicyclic) bond motifs is 1. The minimum Gasteiger partial charge on any atom is -0.381 e. The summed E-state index contributed by atoms with van der Waals surface area (Å²) < 4.78 is 0. The van der Waals surface area contributed by atoms with Crippen LogP contribution < -0.4 is 10.6 Å². The molecular weight excluding hydrogens is 272 g/mol. The van der Waals surface area contributed by atoms with Crippen molar-refractivity contribution in [2.75, 3.05) is 10.6 Å². The van der Waals surface area contributed by atoms with Gasteiger partial charge in [-0.15, -0.1) is 0 Å². The van der Waals surface area contributed by atoms with Crippen LogP contribution in [0.15, 0.2) is 12.1 Å². The quantitative estimate of drug-likeness (QED) is 0.721. The molecular formula is C16H23ClN2O. The molecule has 0 spiro atoms. The van der Waals surface area contributed by atoms with Crippen LogP contribution in [0.25, 0.3) is 0 Å². The molecule has 0 saturated heterocycles. The average molecular weight is 295 g/mol. The average Bonchev–Trinajstić information content (AvgIpc) is 2.74. The van der Waals surface area contributed by atoms with Gasteiger partial charge in [0.15, 0.2) is 0 Å². The molecule has 20 heavy (non-hydrogen) atoms. The van der Waals surface area contributed by atoms with Gasteiger partial charge in [0, 0.05) is 11.7 Å². The highest BCUT2D eigenvalue weighted by molar-refractivity contribution is 6.33. The molecule has 1 aromatic carbocycles. The van der Waals surface area contributed by atoms with E-state index in [1.165, 1.54) is 25.7 Å². The molecule has 0 aromatic heterocycles. The summed E-state index contributed by atoms with van der Waals surface area (Å²) in [4.78, 5) is 11.4. The zero-order valence-electron chi connectivity index (χ0n) is 12.3. The van der Waals surface area contributed by atoms with Crippen molar-refractivity contribution in [2.24, 2.45) is 0 Å². The van der Waals surface area contributed by atoms with E-state index in [1.54, 1.807) is 0 Å². The minimum atomic E-state index is 0.0424. The lowest BCUT2D eigenvalue weighted by molar-refractivity contribution is -0.115. The van der Waals surface area contributed by atoms with Crippen molar-refractivity contribution in [2.45, 2.75) is 58.4 Å². The van der Waals surface area contributed by atoms with Gasteiger partial charge in [0.05, 0.1) is 17.1 Å². The Morgan fingerprint density at radius 3 is 2.90 bits per heavy atom. The molecule has 1 unspecified atom stereocenters. The Balaban J connectivity index is 1.93. The summed E-state index contributed by atoms with van der Waals surface area (Å²) in [7, 11) is 0. The molecule has 0 radical (unpaired) electrons. The van der Waals surface area contributed by atoms with Crippen molar-refractivity contribution in [1.29, 1.82) is 0 Å². The fourth-order valence-corrected chi connectivity index (χ4v) is 2.79. The van der Waals surface area contributed by atoms with Crippen LogP contribution in [-0.2, 0) is 11.2 Å². The molecule has 1 atom stereocenters. The molecule has 0 fully saturated rings. The van der Waals surface area contributed by atoms with Crippen molar-refractivity contribution in [1.82, 2.24) is 0 Å². The van der Waals surface area contributed by atoms with Crippen LogP contribution in [-0.4, -0.2) is 11.9 Å². The van der Waals surface area contributed by atoms with E-state index in [1.807, 2.05) is 12.1 Å². The number of hydrogen-bond acceptors (Lipinski definition) is 2. The molecule has 1 aliphatic rings. The summed E-state index contributed by atoms with van der Waals surface area (Å²) in [6.45, 7) is 4.40. The van der Waals surface area contributed by atoms with E-state index in [0.717, 1.165) is 23.4 Å². The molecule has 2 rings (SSSR count). The minimum absolute atomic E-state index is 0.0424. The van der Waals surface area contributed by atoms with Gasteiger partial charge < -0.3 is 10.6 Å². The SMILES string of the molecule is CCCCCCC(C)Nc1cc2c(cc1Cl)NC(=O)C2. The first kappa shape index (κ1) is 15.2. The third-order valence-corrected chi connectivity index (χ3v) is 4.02. The molecule has 0 bridgehead atoms. The van der Waals surface area contributed by atoms with Crippen LogP contribution in [0.1, 0.15) is 51.5 Å². The van der Waals surface area contributed by atoms with Gasteiger partial charge in [-0.3, -0.25) is 4.79 Å². The number of nitrogens with one attached hydrogen (secondary N) is 2. The summed E-state index contributed by atoms with van der Waals surface area (Å²) in [6.07, 6.45) is 6.69. The topological polar surface area (TPSA) is 41.1 Å². The van der Waals surface area contributed by atoms with Gasteiger partial charge in [-0.25, -0.2) is 0 Å². The highest BCUT2D eigenvalue weighted by atomic mass is 35.5. The second kappa shape index (κ2) is 6.98. The third-order valence-electron chi connectivity index (χ3n) is 3.71.